The van der Waals surface area contributed by atoms with Crippen molar-refractivity contribution in [2.24, 2.45) is 4.99 Å². The van der Waals surface area contributed by atoms with Crippen LogP contribution in [0.1, 0.15) is 71.1 Å². The lowest BCUT2D eigenvalue weighted by Gasteiger charge is -2.29. The number of hydrogen-bond donors (Lipinski definition) is 1. The van der Waals surface area contributed by atoms with E-state index in [-0.39, 0.29) is 6.61 Å². The molecule has 1 unspecified atom stereocenters. The summed E-state index contributed by atoms with van der Waals surface area (Å²) >= 11 is 0. The van der Waals surface area contributed by atoms with Crippen molar-refractivity contribution in [3.63, 3.8) is 0 Å². The Hall–Kier alpha value is -0.410. The van der Waals surface area contributed by atoms with Crippen molar-refractivity contribution in [1.29, 1.82) is 0 Å². The molecule has 0 aromatic carbocycles. The SMILES string of the molecule is CCCCCCCCCCCC[N+]1(CCO)C=NCC1. The van der Waals surface area contributed by atoms with E-state index < -0.39 is 0 Å². The molecule has 0 aromatic rings. The van der Waals surface area contributed by atoms with Gasteiger partial charge in [0.2, 0.25) is 0 Å². The fourth-order valence-corrected chi connectivity index (χ4v) is 3.11. The van der Waals surface area contributed by atoms with Crippen molar-refractivity contribution in [3.05, 3.63) is 0 Å². The van der Waals surface area contributed by atoms with E-state index in [0.29, 0.717) is 0 Å². The Bertz CT molecular complexity index is 255. The summed E-state index contributed by atoms with van der Waals surface area (Å²) in [6.45, 7) is 6.61. The molecule has 0 fully saturated rings. The molecule has 1 atom stereocenters. The van der Waals surface area contributed by atoms with Gasteiger partial charge >= 0.3 is 0 Å². The highest BCUT2D eigenvalue weighted by molar-refractivity contribution is 5.48. The lowest BCUT2D eigenvalue weighted by molar-refractivity contribution is -0.829. The third-order valence-corrected chi connectivity index (χ3v) is 4.50. The van der Waals surface area contributed by atoms with Crippen LogP contribution < -0.4 is 0 Å². The van der Waals surface area contributed by atoms with Crippen LogP contribution in [-0.2, 0) is 0 Å². The minimum absolute atomic E-state index is 0.282. The van der Waals surface area contributed by atoms with Gasteiger partial charge in [0, 0.05) is 0 Å². The van der Waals surface area contributed by atoms with E-state index in [1.54, 1.807) is 0 Å². The molecular formula is C17H35N2O+. The Kier molecular flexibility index (Phi) is 9.94. The highest BCUT2D eigenvalue weighted by Crippen LogP contribution is 2.14. The molecule has 1 rings (SSSR count). The molecule has 0 spiro atoms. The third-order valence-electron chi connectivity index (χ3n) is 4.50. The Morgan fingerprint density at radius 3 is 2.00 bits per heavy atom. The first-order valence-electron chi connectivity index (χ1n) is 8.80. The van der Waals surface area contributed by atoms with Crippen molar-refractivity contribution in [2.45, 2.75) is 71.1 Å². The largest absolute Gasteiger partial charge is 0.390 e. The molecular weight excluding hydrogens is 248 g/mol. The standard InChI is InChI=1S/C17H35N2O/c1-2-3-4-5-6-7-8-9-10-11-13-19(15-16-20)14-12-18-17-19/h17,20H,2-16H2,1H3/q+1. The zero-order valence-electron chi connectivity index (χ0n) is 13.5. The Morgan fingerprint density at radius 1 is 0.900 bits per heavy atom. The van der Waals surface area contributed by atoms with Gasteiger partial charge in [0.25, 0.3) is 0 Å². The minimum atomic E-state index is 0.282. The first kappa shape index (κ1) is 17.6. The summed E-state index contributed by atoms with van der Waals surface area (Å²) in [7, 11) is 0. The van der Waals surface area contributed by atoms with Crippen LogP contribution in [0, 0.1) is 0 Å². The van der Waals surface area contributed by atoms with Crippen LogP contribution in [0.2, 0.25) is 0 Å². The first-order chi connectivity index (χ1) is 9.83. The maximum atomic E-state index is 9.18. The second-order valence-electron chi connectivity index (χ2n) is 6.32. The predicted molar refractivity (Wildman–Crippen MR) is 87.2 cm³/mol. The molecule has 0 aliphatic carbocycles. The van der Waals surface area contributed by atoms with Gasteiger partial charge in [-0.1, -0.05) is 58.3 Å². The van der Waals surface area contributed by atoms with Crippen LogP contribution in [0.4, 0.5) is 0 Å². The van der Waals surface area contributed by atoms with Gasteiger partial charge in [-0.2, -0.15) is 0 Å². The quantitative estimate of drug-likeness (QED) is 0.405. The molecule has 0 amide bonds. The molecule has 118 valence electrons. The van der Waals surface area contributed by atoms with Gasteiger partial charge in [-0.25, -0.2) is 4.99 Å². The number of hydrogen-bond acceptors (Lipinski definition) is 2. The number of aliphatic hydroxyl groups is 1. The van der Waals surface area contributed by atoms with Gasteiger partial charge < -0.3 is 5.11 Å². The van der Waals surface area contributed by atoms with E-state index in [1.807, 2.05) is 0 Å². The molecule has 0 saturated heterocycles. The third kappa shape index (κ3) is 7.39. The van der Waals surface area contributed by atoms with Crippen molar-refractivity contribution in [1.82, 2.24) is 0 Å². The van der Waals surface area contributed by atoms with Gasteiger partial charge in [0.05, 0.1) is 19.7 Å². The van der Waals surface area contributed by atoms with Crippen LogP contribution >= 0.6 is 0 Å². The van der Waals surface area contributed by atoms with Crippen molar-refractivity contribution < 1.29 is 9.59 Å². The predicted octanol–water partition coefficient (Wildman–Crippen LogP) is 3.76. The summed E-state index contributed by atoms with van der Waals surface area (Å²) in [5.74, 6) is 0. The molecule has 1 aliphatic heterocycles. The van der Waals surface area contributed by atoms with Crippen LogP contribution in [-0.4, -0.2) is 48.7 Å². The van der Waals surface area contributed by atoms with Gasteiger partial charge in [-0.3, -0.25) is 4.48 Å². The zero-order valence-corrected chi connectivity index (χ0v) is 13.5. The van der Waals surface area contributed by atoms with Gasteiger partial charge in [-0.15, -0.1) is 0 Å². The average molecular weight is 283 g/mol. The van der Waals surface area contributed by atoms with Crippen LogP contribution in [0.25, 0.3) is 0 Å². The molecule has 20 heavy (non-hydrogen) atoms. The van der Waals surface area contributed by atoms with Gasteiger partial charge in [-0.05, 0) is 12.8 Å². The normalized spacial score (nSPS) is 21.7. The monoisotopic (exact) mass is 283 g/mol. The number of quaternary nitrogens is 1. The maximum Gasteiger partial charge on any atom is 0.185 e. The smallest absolute Gasteiger partial charge is 0.185 e. The number of unbranched alkanes of at least 4 members (excludes halogenated alkanes) is 9. The molecule has 1 heterocycles. The van der Waals surface area contributed by atoms with Crippen molar-refractivity contribution in [3.8, 4) is 0 Å². The second-order valence-corrected chi connectivity index (χ2v) is 6.32. The second kappa shape index (κ2) is 11.3. The minimum Gasteiger partial charge on any atom is -0.390 e. The molecule has 3 heteroatoms. The number of aliphatic hydroxyl groups excluding tert-OH is 1. The fraction of sp³-hybridized carbons (Fsp3) is 0.941. The van der Waals surface area contributed by atoms with E-state index in [4.69, 9.17) is 0 Å². The highest BCUT2D eigenvalue weighted by Gasteiger charge is 2.27. The summed E-state index contributed by atoms with van der Waals surface area (Å²) in [5, 5.41) is 9.18. The van der Waals surface area contributed by atoms with Crippen LogP contribution in [0.15, 0.2) is 4.99 Å². The summed E-state index contributed by atoms with van der Waals surface area (Å²) in [6, 6.07) is 0. The van der Waals surface area contributed by atoms with E-state index in [9.17, 15) is 5.11 Å². The average Bonchev–Trinajstić information content (AvgIpc) is 2.90. The van der Waals surface area contributed by atoms with E-state index in [1.165, 1.54) is 70.8 Å². The molecule has 0 radical (unpaired) electrons. The van der Waals surface area contributed by atoms with E-state index >= 15 is 0 Å². The molecule has 3 nitrogen and oxygen atoms in total. The van der Waals surface area contributed by atoms with Crippen molar-refractivity contribution >= 4 is 6.34 Å². The summed E-state index contributed by atoms with van der Waals surface area (Å²) in [6.07, 6.45) is 15.9. The highest BCUT2D eigenvalue weighted by atomic mass is 16.3. The van der Waals surface area contributed by atoms with Gasteiger partial charge in [0.15, 0.2) is 6.34 Å². The topological polar surface area (TPSA) is 32.6 Å². The fourth-order valence-electron chi connectivity index (χ4n) is 3.11. The molecule has 0 saturated carbocycles. The first-order valence-corrected chi connectivity index (χ1v) is 8.80. The van der Waals surface area contributed by atoms with Crippen LogP contribution in [0.5, 0.6) is 0 Å². The summed E-state index contributed by atoms with van der Waals surface area (Å²) < 4.78 is 0.924. The molecule has 1 aliphatic rings. The Balaban J connectivity index is 1.92. The number of rotatable bonds is 13. The maximum absolute atomic E-state index is 9.18. The molecule has 0 aromatic heterocycles. The lowest BCUT2D eigenvalue weighted by Crippen LogP contribution is -2.48. The Labute approximate surface area is 125 Å². The number of aliphatic imine (C=N–C) groups is 1. The van der Waals surface area contributed by atoms with E-state index in [0.717, 1.165) is 24.1 Å². The lowest BCUT2D eigenvalue weighted by atomic mass is 10.1. The summed E-state index contributed by atoms with van der Waals surface area (Å²) in [4.78, 5) is 4.36. The van der Waals surface area contributed by atoms with Gasteiger partial charge in [0.1, 0.15) is 13.1 Å². The Morgan fingerprint density at radius 2 is 1.50 bits per heavy atom. The molecule has 1 N–H and O–H groups in total. The van der Waals surface area contributed by atoms with Crippen LogP contribution in [0.3, 0.4) is 0 Å². The van der Waals surface area contributed by atoms with Crippen molar-refractivity contribution in [2.75, 3.05) is 32.8 Å². The van der Waals surface area contributed by atoms with E-state index in [2.05, 4.69) is 18.3 Å². The zero-order chi connectivity index (χ0) is 14.5. The summed E-state index contributed by atoms with van der Waals surface area (Å²) in [5.41, 5.74) is 0. The number of nitrogens with zero attached hydrogens (tertiary/aromatic N) is 2. The molecule has 0 bridgehead atoms.